The Bertz CT molecular complexity index is 416. The molecule has 0 spiro atoms. The summed E-state index contributed by atoms with van der Waals surface area (Å²) in [5, 5.41) is 12.1. The first-order valence-electron chi connectivity index (χ1n) is 7.70. The number of ether oxygens (including phenoxy) is 1. The number of nitrogens with one attached hydrogen (secondary N) is 1. The van der Waals surface area contributed by atoms with Crippen molar-refractivity contribution in [3.63, 3.8) is 0 Å². The summed E-state index contributed by atoms with van der Waals surface area (Å²) in [6, 6.07) is 5.04. The molecule has 4 heteroatoms. The van der Waals surface area contributed by atoms with Crippen molar-refractivity contribution in [3.8, 4) is 5.75 Å². The lowest BCUT2D eigenvalue weighted by molar-refractivity contribution is 0.268. The summed E-state index contributed by atoms with van der Waals surface area (Å²) in [5.41, 5.74) is 0.828. The van der Waals surface area contributed by atoms with Gasteiger partial charge in [0.05, 0.1) is 6.61 Å². The number of aliphatic hydroxyl groups is 1. The molecule has 0 unspecified atom stereocenters. The third-order valence-electron chi connectivity index (χ3n) is 3.16. The number of benzene rings is 1. The molecule has 3 nitrogen and oxygen atoms in total. The molecule has 0 radical (unpaired) electrons. The maximum atomic E-state index is 13.9. The van der Waals surface area contributed by atoms with Crippen molar-refractivity contribution in [1.29, 1.82) is 0 Å². The standard InChI is InChI=1S/C17H28FNO2/c1-17(2,3)19-13-14-9-8-10-15(18)16(14)21-12-7-5-4-6-11-20/h8-10,19-20H,4-7,11-13H2,1-3H3. The lowest BCUT2D eigenvalue weighted by Crippen LogP contribution is -2.35. The Labute approximate surface area is 127 Å². The van der Waals surface area contributed by atoms with E-state index in [-0.39, 0.29) is 18.0 Å². The molecule has 0 saturated heterocycles. The Morgan fingerprint density at radius 1 is 1.14 bits per heavy atom. The van der Waals surface area contributed by atoms with Crippen LogP contribution in [-0.4, -0.2) is 23.9 Å². The van der Waals surface area contributed by atoms with Crippen molar-refractivity contribution in [2.24, 2.45) is 0 Å². The quantitative estimate of drug-likeness (QED) is 0.684. The van der Waals surface area contributed by atoms with Gasteiger partial charge in [0.2, 0.25) is 0 Å². The zero-order valence-electron chi connectivity index (χ0n) is 13.4. The van der Waals surface area contributed by atoms with Crippen LogP contribution in [0, 0.1) is 5.82 Å². The van der Waals surface area contributed by atoms with E-state index in [9.17, 15) is 4.39 Å². The normalized spacial score (nSPS) is 11.7. The average molecular weight is 297 g/mol. The van der Waals surface area contributed by atoms with Crippen molar-refractivity contribution in [3.05, 3.63) is 29.6 Å². The second-order valence-corrected chi connectivity index (χ2v) is 6.32. The van der Waals surface area contributed by atoms with Gasteiger partial charge in [0, 0.05) is 24.3 Å². The van der Waals surface area contributed by atoms with Crippen LogP contribution in [0.3, 0.4) is 0 Å². The van der Waals surface area contributed by atoms with Crippen molar-refractivity contribution in [2.75, 3.05) is 13.2 Å². The number of hydrogen-bond donors (Lipinski definition) is 2. The van der Waals surface area contributed by atoms with Gasteiger partial charge in [0.15, 0.2) is 11.6 Å². The number of aliphatic hydroxyl groups excluding tert-OH is 1. The van der Waals surface area contributed by atoms with Gasteiger partial charge in [-0.15, -0.1) is 0 Å². The van der Waals surface area contributed by atoms with Crippen molar-refractivity contribution >= 4 is 0 Å². The molecule has 0 fully saturated rings. The molecule has 0 bridgehead atoms. The van der Waals surface area contributed by atoms with Crippen LogP contribution < -0.4 is 10.1 Å². The largest absolute Gasteiger partial charge is 0.490 e. The second-order valence-electron chi connectivity index (χ2n) is 6.32. The molecule has 120 valence electrons. The van der Waals surface area contributed by atoms with E-state index >= 15 is 0 Å². The van der Waals surface area contributed by atoms with Crippen molar-refractivity contribution in [1.82, 2.24) is 5.32 Å². The molecule has 0 amide bonds. The molecule has 0 heterocycles. The van der Waals surface area contributed by atoms with E-state index in [0.717, 1.165) is 31.2 Å². The van der Waals surface area contributed by atoms with Crippen LogP contribution in [-0.2, 0) is 6.54 Å². The van der Waals surface area contributed by atoms with Gasteiger partial charge in [-0.25, -0.2) is 4.39 Å². The van der Waals surface area contributed by atoms with E-state index in [1.165, 1.54) is 6.07 Å². The first kappa shape index (κ1) is 17.9. The number of para-hydroxylation sites is 1. The molecular formula is C17H28FNO2. The average Bonchev–Trinajstić information content (AvgIpc) is 2.41. The minimum absolute atomic E-state index is 0.0200. The van der Waals surface area contributed by atoms with Gasteiger partial charge in [0.1, 0.15) is 0 Å². The van der Waals surface area contributed by atoms with Crippen LogP contribution in [0.1, 0.15) is 52.0 Å². The minimum Gasteiger partial charge on any atom is -0.490 e. The topological polar surface area (TPSA) is 41.5 Å². The second kappa shape index (κ2) is 9.00. The zero-order valence-corrected chi connectivity index (χ0v) is 13.4. The highest BCUT2D eigenvalue weighted by atomic mass is 19.1. The molecule has 0 aliphatic rings. The van der Waals surface area contributed by atoms with Gasteiger partial charge in [0.25, 0.3) is 0 Å². The van der Waals surface area contributed by atoms with Crippen LogP contribution >= 0.6 is 0 Å². The number of unbranched alkanes of at least 4 members (excludes halogenated alkanes) is 3. The first-order valence-corrected chi connectivity index (χ1v) is 7.70. The lowest BCUT2D eigenvalue weighted by Gasteiger charge is -2.22. The summed E-state index contributed by atoms with van der Waals surface area (Å²) >= 11 is 0. The first-order chi connectivity index (χ1) is 9.94. The fraction of sp³-hybridized carbons (Fsp3) is 0.647. The molecule has 1 aromatic rings. The van der Waals surface area contributed by atoms with E-state index in [1.54, 1.807) is 6.07 Å². The van der Waals surface area contributed by atoms with Crippen LogP contribution in [0.4, 0.5) is 4.39 Å². The Hall–Kier alpha value is -1.13. The van der Waals surface area contributed by atoms with Gasteiger partial charge >= 0.3 is 0 Å². The highest BCUT2D eigenvalue weighted by molar-refractivity contribution is 5.35. The van der Waals surface area contributed by atoms with Gasteiger partial charge < -0.3 is 15.2 Å². The van der Waals surface area contributed by atoms with Crippen LogP contribution in [0.25, 0.3) is 0 Å². The smallest absolute Gasteiger partial charge is 0.165 e. The third-order valence-corrected chi connectivity index (χ3v) is 3.16. The van der Waals surface area contributed by atoms with Crippen molar-refractivity contribution < 1.29 is 14.2 Å². The fourth-order valence-corrected chi connectivity index (χ4v) is 1.96. The van der Waals surface area contributed by atoms with Crippen LogP contribution in [0.15, 0.2) is 18.2 Å². The zero-order chi connectivity index (χ0) is 15.7. The lowest BCUT2D eigenvalue weighted by atomic mass is 10.1. The Balaban J connectivity index is 2.51. The summed E-state index contributed by atoms with van der Waals surface area (Å²) in [6.45, 7) is 7.56. The predicted octanol–water partition coefficient (Wildman–Crippen LogP) is 3.65. The van der Waals surface area contributed by atoms with E-state index < -0.39 is 0 Å². The van der Waals surface area contributed by atoms with Gasteiger partial charge in [-0.1, -0.05) is 18.6 Å². The molecule has 1 rings (SSSR count). The maximum absolute atomic E-state index is 13.9. The number of rotatable bonds is 9. The number of halogens is 1. The van der Waals surface area contributed by atoms with E-state index in [1.807, 2.05) is 6.07 Å². The summed E-state index contributed by atoms with van der Waals surface area (Å²) in [7, 11) is 0. The molecule has 1 aromatic carbocycles. The molecule has 0 aliphatic carbocycles. The summed E-state index contributed by atoms with van der Waals surface area (Å²) in [5.74, 6) is 0.0509. The third kappa shape index (κ3) is 7.44. The molecule has 0 aliphatic heterocycles. The van der Waals surface area contributed by atoms with Crippen LogP contribution in [0.5, 0.6) is 5.75 Å². The molecule has 0 saturated carbocycles. The summed E-state index contributed by atoms with van der Waals surface area (Å²) < 4.78 is 19.5. The van der Waals surface area contributed by atoms with Crippen LogP contribution in [0.2, 0.25) is 0 Å². The van der Waals surface area contributed by atoms with E-state index in [4.69, 9.17) is 9.84 Å². The van der Waals surface area contributed by atoms with E-state index in [0.29, 0.717) is 18.9 Å². The van der Waals surface area contributed by atoms with E-state index in [2.05, 4.69) is 26.1 Å². The molecule has 2 N–H and O–H groups in total. The SMILES string of the molecule is CC(C)(C)NCc1cccc(F)c1OCCCCCCO. The number of hydrogen-bond acceptors (Lipinski definition) is 3. The maximum Gasteiger partial charge on any atom is 0.165 e. The Morgan fingerprint density at radius 3 is 2.52 bits per heavy atom. The highest BCUT2D eigenvalue weighted by Crippen LogP contribution is 2.23. The summed E-state index contributed by atoms with van der Waals surface area (Å²) in [6.07, 6.45) is 3.67. The summed E-state index contributed by atoms with van der Waals surface area (Å²) in [4.78, 5) is 0. The Kier molecular flexibility index (Phi) is 7.68. The van der Waals surface area contributed by atoms with Gasteiger partial charge in [-0.05, 0) is 46.1 Å². The fourth-order valence-electron chi connectivity index (χ4n) is 1.96. The van der Waals surface area contributed by atoms with Gasteiger partial charge in [-0.2, -0.15) is 0 Å². The highest BCUT2D eigenvalue weighted by Gasteiger charge is 2.13. The molecule has 0 atom stereocenters. The monoisotopic (exact) mass is 297 g/mol. The molecule has 0 aromatic heterocycles. The molecular weight excluding hydrogens is 269 g/mol. The predicted molar refractivity (Wildman–Crippen MR) is 84.0 cm³/mol. The minimum atomic E-state index is -0.307. The Morgan fingerprint density at radius 2 is 1.86 bits per heavy atom. The van der Waals surface area contributed by atoms with Crippen molar-refractivity contribution in [2.45, 2.75) is 58.5 Å². The van der Waals surface area contributed by atoms with Gasteiger partial charge in [-0.3, -0.25) is 0 Å². The molecule has 21 heavy (non-hydrogen) atoms.